The third-order valence-electron chi connectivity index (χ3n) is 2.72. The Bertz CT molecular complexity index is 424. The fourth-order valence-corrected chi connectivity index (χ4v) is 2.10. The molecule has 3 nitrogen and oxygen atoms in total. The molecule has 1 fully saturated rings. The normalized spacial score (nSPS) is 20.5. The van der Waals surface area contributed by atoms with Crippen LogP contribution in [0.1, 0.15) is 6.42 Å². The van der Waals surface area contributed by atoms with E-state index in [-0.39, 0.29) is 17.5 Å². The van der Waals surface area contributed by atoms with Crippen LogP contribution < -0.4 is 4.90 Å². The third kappa shape index (κ3) is 1.87. The maximum absolute atomic E-state index is 13.1. The Labute approximate surface area is 98.3 Å². The van der Waals surface area contributed by atoms with E-state index in [1.54, 1.807) is 0 Å². The van der Waals surface area contributed by atoms with Gasteiger partial charge in [-0.3, -0.25) is 4.79 Å². The standard InChI is InChI=1S/C11H12FNO2S/c12-8-2-1-3-9(11(8)15)13-5-7(6-16)4-10(13)14/h1-3,7,15-16H,4-6H2. The van der Waals surface area contributed by atoms with Crippen LogP contribution in [0.2, 0.25) is 0 Å². The number of thiol groups is 1. The number of hydrogen-bond donors (Lipinski definition) is 2. The molecule has 2 rings (SSSR count). The predicted octanol–water partition coefficient (Wildman–Crippen LogP) is 1.81. The quantitative estimate of drug-likeness (QED) is 0.775. The van der Waals surface area contributed by atoms with Crippen LogP contribution in [0.5, 0.6) is 5.75 Å². The van der Waals surface area contributed by atoms with E-state index in [4.69, 9.17) is 0 Å². The minimum Gasteiger partial charge on any atom is -0.503 e. The molecule has 0 aliphatic carbocycles. The fraction of sp³-hybridized carbons (Fsp3) is 0.364. The molecule has 1 atom stereocenters. The molecule has 0 bridgehead atoms. The van der Waals surface area contributed by atoms with Gasteiger partial charge in [0.15, 0.2) is 11.6 Å². The van der Waals surface area contributed by atoms with Crippen LogP contribution in [0.15, 0.2) is 18.2 Å². The zero-order chi connectivity index (χ0) is 11.7. The van der Waals surface area contributed by atoms with Gasteiger partial charge in [-0.1, -0.05) is 6.07 Å². The molecular formula is C11H12FNO2S. The van der Waals surface area contributed by atoms with Crippen molar-refractivity contribution >= 4 is 24.2 Å². The fourth-order valence-electron chi connectivity index (χ4n) is 1.86. The van der Waals surface area contributed by atoms with Crippen molar-refractivity contribution in [2.24, 2.45) is 5.92 Å². The summed E-state index contributed by atoms with van der Waals surface area (Å²) in [5.41, 5.74) is 0.245. The lowest BCUT2D eigenvalue weighted by Crippen LogP contribution is -2.24. The number of para-hydroxylation sites is 1. The summed E-state index contributed by atoms with van der Waals surface area (Å²) >= 11 is 4.14. The molecule has 86 valence electrons. The number of phenols is 1. The molecule has 0 aromatic heterocycles. The van der Waals surface area contributed by atoms with Crippen LogP contribution in [0.4, 0.5) is 10.1 Å². The Balaban J connectivity index is 2.31. The van der Waals surface area contributed by atoms with E-state index in [9.17, 15) is 14.3 Å². The minimum atomic E-state index is -0.709. The van der Waals surface area contributed by atoms with E-state index in [1.165, 1.54) is 17.0 Å². The first-order valence-corrected chi connectivity index (χ1v) is 5.65. The summed E-state index contributed by atoms with van der Waals surface area (Å²) < 4.78 is 13.1. The highest BCUT2D eigenvalue weighted by Crippen LogP contribution is 2.34. The zero-order valence-corrected chi connectivity index (χ0v) is 9.45. The van der Waals surface area contributed by atoms with Crippen molar-refractivity contribution in [3.8, 4) is 5.75 Å². The summed E-state index contributed by atoms with van der Waals surface area (Å²) in [4.78, 5) is 13.1. The van der Waals surface area contributed by atoms with Crippen LogP contribution in [0.25, 0.3) is 0 Å². The van der Waals surface area contributed by atoms with Gasteiger partial charge in [0, 0.05) is 13.0 Å². The molecule has 0 spiro atoms. The highest BCUT2D eigenvalue weighted by molar-refractivity contribution is 7.80. The highest BCUT2D eigenvalue weighted by atomic mass is 32.1. The van der Waals surface area contributed by atoms with Crippen LogP contribution in [0, 0.1) is 11.7 Å². The van der Waals surface area contributed by atoms with Crippen LogP contribution in [-0.4, -0.2) is 23.3 Å². The summed E-state index contributed by atoms with van der Waals surface area (Å²) in [5, 5.41) is 9.55. The molecule has 0 saturated carbocycles. The average molecular weight is 241 g/mol. The van der Waals surface area contributed by atoms with Gasteiger partial charge in [0.2, 0.25) is 5.91 Å². The van der Waals surface area contributed by atoms with E-state index in [2.05, 4.69) is 12.6 Å². The molecule has 1 aromatic carbocycles. The van der Waals surface area contributed by atoms with Gasteiger partial charge in [-0.2, -0.15) is 12.6 Å². The largest absolute Gasteiger partial charge is 0.503 e. The first kappa shape index (κ1) is 11.3. The number of carbonyl (C=O) groups is 1. The molecule has 1 unspecified atom stereocenters. The topological polar surface area (TPSA) is 40.5 Å². The Morgan fingerprint density at radius 3 is 2.94 bits per heavy atom. The Kier molecular flexibility index (Phi) is 3.05. The maximum atomic E-state index is 13.1. The van der Waals surface area contributed by atoms with Crippen molar-refractivity contribution in [2.75, 3.05) is 17.2 Å². The summed E-state index contributed by atoms with van der Waals surface area (Å²) in [5.74, 6) is -0.494. The molecule has 1 amide bonds. The van der Waals surface area contributed by atoms with Gasteiger partial charge in [0.25, 0.3) is 0 Å². The Hall–Kier alpha value is -1.23. The molecule has 1 N–H and O–H groups in total. The van der Waals surface area contributed by atoms with Crippen molar-refractivity contribution in [3.05, 3.63) is 24.0 Å². The van der Waals surface area contributed by atoms with Gasteiger partial charge in [-0.05, 0) is 23.8 Å². The molecule has 1 aliphatic heterocycles. The number of phenolic OH excluding ortho intramolecular Hbond substituents is 1. The van der Waals surface area contributed by atoms with Crippen LogP contribution in [-0.2, 0) is 4.79 Å². The van der Waals surface area contributed by atoms with Crippen molar-refractivity contribution in [1.29, 1.82) is 0 Å². The highest BCUT2D eigenvalue weighted by Gasteiger charge is 2.31. The van der Waals surface area contributed by atoms with Crippen molar-refractivity contribution < 1.29 is 14.3 Å². The van der Waals surface area contributed by atoms with Crippen molar-refractivity contribution in [1.82, 2.24) is 0 Å². The lowest BCUT2D eigenvalue weighted by atomic mass is 10.1. The number of aromatic hydroxyl groups is 1. The molecule has 1 heterocycles. The Morgan fingerprint density at radius 1 is 1.56 bits per heavy atom. The summed E-state index contributed by atoms with van der Waals surface area (Å²) in [6.45, 7) is 0.485. The van der Waals surface area contributed by atoms with Crippen molar-refractivity contribution in [2.45, 2.75) is 6.42 Å². The molecular weight excluding hydrogens is 229 g/mol. The zero-order valence-electron chi connectivity index (χ0n) is 8.56. The number of hydrogen-bond acceptors (Lipinski definition) is 3. The van der Waals surface area contributed by atoms with Gasteiger partial charge in [-0.25, -0.2) is 4.39 Å². The number of benzene rings is 1. The number of rotatable bonds is 2. The number of amides is 1. The molecule has 1 saturated heterocycles. The average Bonchev–Trinajstić information content (AvgIpc) is 2.64. The van der Waals surface area contributed by atoms with Gasteiger partial charge in [0.05, 0.1) is 5.69 Å². The second-order valence-electron chi connectivity index (χ2n) is 3.86. The second-order valence-corrected chi connectivity index (χ2v) is 4.23. The number of carbonyl (C=O) groups excluding carboxylic acids is 1. The summed E-state index contributed by atoms with van der Waals surface area (Å²) in [7, 11) is 0. The predicted molar refractivity (Wildman–Crippen MR) is 62.4 cm³/mol. The van der Waals surface area contributed by atoms with Gasteiger partial charge in [-0.15, -0.1) is 0 Å². The smallest absolute Gasteiger partial charge is 0.227 e. The summed E-state index contributed by atoms with van der Waals surface area (Å²) in [6, 6.07) is 4.18. The van der Waals surface area contributed by atoms with Gasteiger partial charge < -0.3 is 10.0 Å². The van der Waals surface area contributed by atoms with Gasteiger partial charge in [0.1, 0.15) is 0 Å². The Morgan fingerprint density at radius 2 is 2.31 bits per heavy atom. The molecule has 0 radical (unpaired) electrons. The third-order valence-corrected chi connectivity index (χ3v) is 3.24. The molecule has 1 aliphatic rings. The lowest BCUT2D eigenvalue weighted by molar-refractivity contribution is -0.117. The molecule has 1 aromatic rings. The first-order chi connectivity index (χ1) is 7.63. The van der Waals surface area contributed by atoms with E-state index in [0.29, 0.717) is 18.7 Å². The van der Waals surface area contributed by atoms with E-state index in [0.717, 1.165) is 6.07 Å². The number of anilines is 1. The van der Waals surface area contributed by atoms with E-state index < -0.39 is 11.6 Å². The first-order valence-electron chi connectivity index (χ1n) is 5.02. The SMILES string of the molecule is O=C1CC(CS)CN1c1cccc(F)c1O. The van der Waals surface area contributed by atoms with Gasteiger partial charge >= 0.3 is 0 Å². The van der Waals surface area contributed by atoms with E-state index >= 15 is 0 Å². The monoisotopic (exact) mass is 241 g/mol. The number of nitrogens with zero attached hydrogens (tertiary/aromatic N) is 1. The van der Waals surface area contributed by atoms with E-state index in [1.807, 2.05) is 0 Å². The maximum Gasteiger partial charge on any atom is 0.227 e. The molecule has 5 heteroatoms. The number of halogens is 1. The molecule has 16 heavy (non-hydrogen) atoms. The van der Waals surface area contributed by atoms with Crippen LogP contribution in [0.3, 0.4) is 0 Å². The second kappa shape index (κ2) is 4.33. The van der Waals surface area contributed by atoms with Crippen molar-refractivity contribution in [3.63, 3.8) is 0 Å². The minimum absolute atomic E-state index is 0.0973. The lowest BCUT2D eigenvalue weighted by Gasteiger charge is -2.17. The van der Waals surface area contributed by atoms with Crippen LogP contribution >= 0.6 is 12.6 Å². The summed E-state index contributed by atoms with van der Waals surface area (Å²) in [6.07, 6.45) is 0.402.